The normalized spacial score (nSPS) is 13.8. The number of amidine groups is 1. The maximum absolute atomic E-state index is 13.1. The molecule has 0 bridgehead atoms. The summed E-state index contributed by atoms with van der Waals surface area (Å²) < 4.78 is 0. The second-order valence-electron chi connectivity index (χ2n) is 8.40. The van der Waals surface area contributed by atoms with Gasteiger partial charge in [-0.15, -0.1) is 0 Å². The van der Waals surface area contributed by atoms with Crippen molar-refractivity contribution in [1.29, 1.82) is 5.41 Å². The van der Waals surface area contributed by atoms with Gasteiger partial charge in [-0.3, -0.25) is 10.2 Å². The highest BCUT2D eigenvalue weighted by atomic mass is 16.3. The zero-order valence-electron chi connectivity index (χ0n) is 17.2. The third-order valence-corrected chi connectivity index (χ3v) is 5.04. The van der Waals surface area contributed by atoms with Crippen molar-refractivity contribution in [3.8, 4) is 5.75 Å². The van der Waals surface area contributed by atoms with E-state index >= 15 is 0 Å². The van der Waals surface area contributed by atoms with Gasteiger partial charge in [0.05, 0.1) is 6.54 Å². The molecule has 0 aliphatic carbocycles. The zero-order valence-corrected chi connectivity index (χ0v) is 17.2. The molecule has 3 rings (SSSR count). The molecule has 3 N–H and O–H groups in total. The van der Waals surface area contributed by atoms with Gasteiger partial charge in [-0.25, -0.2) is 4.98 Å². The van der Waals surface area contributed by atoms with E-state index in [4.69, 9.17) is 5.41 Å². The Morgan fingerprint density at radius 1 is 1.32 bits per heavy atom. The predicted octanol–water partition coefficient (Wildman–Crippen LogP) is 3.14. The maximum Gasteiger partial charge on any atom is 0.182 e. The highest BCUT2D eigenvalue weighted by Crippen LogP contribution is 2.35. The average Bonchev–Trinajstić information content (AvgIpc) is 2.91. The number of Topliss-reactive ketones (excluding diaryl/α,β-unsaturated/α-hetero) is 1. The first kappa shape index (κ1) is 20.0. The largest absolute Gasteiger partial charge is 0.507 e. The highest BCUT2D eigenvalue weighted by Gasteiger charge is 2.29. The number of ketones is 1. The van der Waals surface area contributed by atoms with Gasteiger partial charge in [0.15, 0.2) is 5.78 Å². The Morgan fingerprint density at radius 2 is 2.04 bits per heavy atom. The van der Waals surface area contributed by atoms with Gasteiger partial charge in [-0.2, -0.15) is 0 Å². The van der Waals surface area contributed by atoms with Crippen LogP contribution in [-0.4, -0.2) is 40.2 Å². The third kappa shape index (κ3) is 3.78. The monoisotopic (exact) mass is 380 g/mol. The molecular formula is C22H28N4O2. The topological polar surface area (TPSA) is 89.3 Å². The quantitative estimate of drug-likeness (QED) is 0.694. The van der Waals surface area contributed by atoms with Crippen molar-refractivity contribution in [2.24, 2.45) is 0 Å². The fraction of sp³-hybridized carbons (Fsp3) is 0.409. The van der Waals surface area contributed by atoms with Crippen molar-refractivity contribution in [3.63, 3.8) is 0 Å². The lowest BCUT2D eigenvalue weighted by Gasteiger charge is -2.24. The van der Waals surface area contributed by atoms with Gasteiger partial charge in [-0.1, -0.05) is 26.8 Å². The Balaban J connectivity index is 1.89. The van der Waals surface area contributed by atoms with Crippen molar-refractivity contribution < 1.29 is 9.90 Å². The number of aryl methyl sites for hydroxylation is 1. The van der Waals surface area contributed by atoms with Crippen LogP contribution in [0.5, 0.6) is 5.75 Å². The molecule has 2 aromatic rings. The number of aromatic nitrogens is 1. The lowest BCUT2D eigenvalue weighted by molar-refractivity contribution is 0.0962. The minimum atomic E-state index is -0.291. The van der Waals surface area contributed by atoms with E-state index < -0.39 is 0 Å². The molecule has 1 aliphatic rings. The Bertz CT molecular complexity index is 944. The second kappa shape index (κ2) is 7.36. The average molecular weight is 380 g/mol. The molecule has 1 aromatic carbocycles. The minimum Gasteiger partial charge on any atom is -0.507 e. The number of rotatable bonds is 5. The van der Waals surface area contributed by atoms with Crippen LogP contribution in [0.3, 0.4) is 0 Å². The number of benzene rings is 1. The van der Waals surface area contributed by atoms with Gasteiger partial charge < -0.3 is 15.3 Å². The molecule has 148 valence electrons. The molecule has 0 radical (unpaired) electrons. The standard InChI is InChI=1S/C22H28N4O2/c1-13-6-7-14-11-26(21(23)19(14)25-13)12-18(27)15-8-16(10-24-5)20(28)17(9-15)22(2,3)4/h6-9,23-24,28H,10-12H2,1-5H3. The molecule has 0 unspecified atom stereocenters. The number of phenolic OH excluding ortho intramolecular Hbond substituents is 1. The van der Waals surface area contributed by atoms with Crippen LogP contribution in [0.4, 0.5) is 0 Å². The number of fused-ring (bicyclic) bond motifs is 1. The van der Waals surface area contributed by atoms with E-state index in [1.165, 1.54) is 0 Å². The smallest absolute Gasteiger partial charge is 0.182 e. The molecule has 2 heterocycles. The van der Waals surface area contributed by atoms with Crippen molar-refractivity contribution in [1.82, 2.24) is 15.2 Å². The summed E-state index contributed by atoms with van der Waals surface area (Å²) >= 11 is 0. The third-order valence-electron chi connectivity index (χ3n) is 5.04. The van der Waals surface area contributed by atoms with Crippen LogP contribution in [0, 0.1) is 12.3 Å². The molecule has 0 spiro atoms. The Kier molecular flexibility index (Phi) is 5.26. The van der Waals surface area contributed by atoms with E-state index in [9.17, 15) is 9.90 Å². The summed E-state index contributed by atoms with van der Waals surface area (Å²) in [6.45, 7) is 9.04. The van der Waals surface area contributed by atoms with Crippen LogP contribution in [0.1, 0.15) is 59.2 Å². The molecule has 0 amide bonds. The van der Waals surface area contributed by atoms with Crippen LogP contribution < -0.4 is 5.32 Å². The summed E-state index contributed by atoms with van der Waals surface area (Å²) in [5, 5.41) is 22.1. The number of nitrogens with zero attached hydrogens (tertiary/aromatic N) is 2. The van der Waals surface area contributed by atoms with Crippen molar-refractivity contribution in [3.05, 3.63) is 57.9 Å². The minimum absolute atomic E-state index is 0.0721. The van der Waals surface area contributed by atoms with Gasteiger partial charge in [0.25, 0.3) is 0 Å². The van der Waals surface area contributed by atoms with Crippen LogP contribution in [-0.2, 0) is 18.5 Å². The molecule has 6 heteroatoms. The number of hydrogen-bond acceptors (Lipinski definition) is 5. The molecule has 1 aromatic heterocycles. The number of nitrogens with one attached hydrogen (secondary N) is 2. The summed E-state index contributed by atoms with van der Waals surface area (Å²) in [5.41, 5.74) is 4.21. The van der Waals surface area contributed by atoms with Gasteiger partial charge in [0.1, 0.15) is 17.3 Å². The Morgan fingerprint density at radius 3 is 2.68 bits per heavy atom. The number of phenols is 1. The first-order chi connectivity index (χ1) is 13.1. The Hall–Kier alpha value is -2.73. The first-order valence-electron chi connectivity index (χ1n) is 9.46. The molecule has 0 atom stereocenters. The first-order valence-corrected chi connectivity index (χ1v) is 9.46. The number of aromatic hydroxyl groups is 1. The summed E-state index contributed by atoms with van der Waals surface area (Å²) in [6, 6.07) is 7.43. The highest BCUT2D eigenvalue weighted by molar-refractivity contribution is 6.04. The lowest BCUT2D eigenvalue weighted by atomic mass is 9.83. The molecule has 0 saturated heterocycles. The van der Waals surface area contributed by atoms with Crippen LogP contribution in [0.2, 0.25) is 0 Å². The maximum atomic E-state index is 13.1. The zero-order chi connectivity index (χ0) is 20.6. The van der Waals surface area contributed by atoms with E-state index in [0.29, 0.717) is 29.9 Å². The van der Waals surface area contributed by atoms with E-state index in [1.54, 1.807) is 17.0 Å². The fourth-order valence-corrected chi connectivity index (χ4v) is 3.50. The second-order valence-corrected chi connectivity index (χ2v) is 8.40. The molecule has 28 heavy (non-hydrogen) atoms. The van der Waals surface area contributed by atoms with Crippen molar-refractivity contribution in [2.45, 2.75) is 46.2 Å². The summed E-state index contributed by atoms with van der Waals surface area (Å²) in [5.74, 6) is 0.453. The molecule has 6 nitrogen and oxygen atoms in total. The van der Waals surface area contributed by atoms with Gasteiger partial charge in [0, 0.05) is 41.0 Å². The summed E-state index contributed by atoms with van der Waals surface area (Å²) in [4.78, 5) is 19.2. The van der Waals surface area contributed by atoms with Crippen LogP contribution in [0.15, 0.2) is 24.3 Å². The summed E-state index contributed by atoms with van der Waals surface area (Å²) in [6.07, 6.45) is 0. The van der Waals surface area contributed by atoms with Gasteiger partial charge in [-0.05, 0) is 37.6 Å². The fourth-order valence-electron chi connectivity index (χ4n) is 3.50. The van der Waals surface area contributed by atoms with Crippen LogP contribution >= 0.6 is 0 Å². The number of pyridine rings is 1. The number of hydrogen-bond donors (Lipinski definition) is 3. The SMILES string of the molecule is CNCc1cc(C(=O)CN2Cc3ccc(C)nc3C2=N)cc(C(C)(C)C)c1O. The molecule has 1 aliphatic heterocycles. The van der Waals surface area contributed by atoms with Gasteiger partial charge in [0.2, 0.25) is 0 Å². The van der Waals surface area contributed by atoms with Crippen LogP contribution in [0.25, 0.3) is 0 Å². The van der Waals surface area contributed by atoms with E-state index in [2.05, 4.69) is 10.3 Å². The van der Waals surface area contributed by atoms with E-state index in [-0.39, 0.29) is 29.3 Å². The van der Waals surface area contributed by atoms with Crippen molar-refractivity contribution in [2.75, 3.05) is 13.6 Å². The van der Waals surface area contributed by atoms with Gasteiger partial charge >= 0.3 is 0 Å². The van der Waals surface area contributed by atoms with Crippen molar-refractivity contribution >= 4 is 11.6 Å². The van der Waals surface area contributed by atoms with E-state index in [0.717, 1.165) is 16.8 Å². The molecule has 0 fully saturated rings. The number of carbonyl (C=O) groups excluding carboxylic acids is 1. The lowest BCUT2D eigenvalue weighted by Crippen LogP contribution is -2.30. The number of carbonyl (C=O) groups is 1. The summed E-state index contributed by atoms with van der Waals surface area (Å²) in [7, 11) is 1.81. The van der Waals surface area contributed by atoms with E-state index in [1.807, 2.05) is 46.9 Å². The Labute approximate surface area is 166 Å². The predicted molar refractivity (Wildman–Crippen MR) is 110 cm³/mol. The molecule has 0 saturated carbocycles. The molecular weight excluding hydrogens is 352 g/mol.